The second-order valence-corrected chi connectivity index (χ2v) is 2.10. The van der Waals surface area contributed by atoms with Crippen molar-refractivity contribution in [3.63, 3.8) is 0 Å². The largest absolute Gasteiger partial charge is 0.426 e. The van der Waals surface area contributed by atoms with Gasteiger partial charge in [0.25, 0.3) is 0 Å². The van der Waals surface area contributed by atoms with E-state index in [4.69, 9.17) is 4.43 Å². The summed E-state index contributed by atoms with van der Waals surface area (Å²) < 4.78 is 4.82. The fourth-order valence-electron chi connectivity index (χ4n) is 0.368. The van der Waals surface area contributed by atoms with E-state index in [9.17, 15) is 4.79 Å². The molecule has 0 amide bonds. The summed E-state index contributed by atoms with van der Waals surface area (Å²) in [5.74, 6) is 0. The molecule has 0 fully saturated rings. The predicted molar refractivity (Wildman–Crippen MR) is 33.5 cm³/mol. The smallest absolute Gasteiger partial charge is 0.235 e. The van der Waals surface area contributed by atoms with E-state index in [1.54, 1.807) is 0 Å². The average Bonchev–Trinajstić information content (AvgIpc) is 1.68. The Kier molecular flexibility index (Phi) is 4.45. The van der Waals surface area contributed by atoms with Crippen molar-refractivity contribution < 1.29 is 9.22 Å². The normalized spacial score (nSPS) is 12.6. The summed E-state index contributed by atoms with van der Waals surface area (Å²) in [6.07, 6.45) is 1.46. The molecule has 0 saturated carbocycles. The molecule has 0 saturated heterocycles. The minimum Gasteiger partial charge on any atom is -0.426 e. The molecule has 0 radical (unpaired) electrons. The van der Waals surface area contributed by atoms with Crippen molar-refractivity contribution >= 4 is 16.6 Å². The Balaban J connectivity index is 3.31. The summed E-state index contributed by atoms with van der Waals surface area (Å²) in [5, 5.41) is 0. The van der Waals surface area contributed by atoms with Crippen molar-refractivity contribution in [1.29, 1.82) is 0 Å². The van der Waals surface area contributed by atoms with Gasteiger partial charge in [0.1, 0.15) is 10.5 Å². The minimum absolute atomic E-state index is 0.0231. The van der Waals surface area contributed by atoms with Crippen molar-refractivity contribution in [3.05, 3.63) is 0 Å². The van der Waals surface area contributed by atoms with Crippen LogP contribution < -0.4 is 0 Å². The summed E-state index contributed by atoms with van der Waals surface area (Å²) in [7, 11) is 0.704. The predicted octanol–water partition coefficient (Wildman–Crippen LogP) is -0.992. The van der Waals surface area contributed by atoms with Crippen molar-refractivity contribution in [3.8, 4) is 0 Å². The first kappa shape index (κ1) is 7.56. The second-order valence-electron chi connectivity index (χ2n) is 1.52. The summed E-state index contributed by atoms with van der Waals surface area (Å²) >= 11 is 0. The molecule has 0 aromatic heterocycles. The standard InChI is InChI=1S/C4H9NO2Si/c1-4(2-7-8)5-3-6/h4H,2H2,1,8H3. The molecule has 46 valence electrons. The molecule has 3 nitrogen and oxygen atoms in total. The summed E-state index contributed by atoms with van der Waals surface area (Å²) in [6, 6.07) is -0.0231. The molecular formula is C4H9NO2Si. The molecule has 0 rings (SSSR count). The lowest BCUT2D eigenvalue weighted by atomic mass is 10.4. The fourth-order valence-corrected chi connectivity index (χ4v) is 0.851. The van der Waals surface area contributed by atoms with Gasteiger partial charge in [-0.25, -0.2) is 9.79 Å². The lowest BCUT2D eigenvalue weighted by Crippen LogP contribution is -2.06. The number of aliphatic imine (C=N–C) groups is 1. The highest BCUT2D eigenvalue weighted by molar-refractivity contribution is 5.97. The molecule has 0 aliphatic carbocycles. The molecule has 0 heterocycles. The molecule has 1 unspecified atom stereocenters. The quantitative estimate of drug-likeness (QED) is 0.280. The van der Waals surface area contributed by atoms with E-state index in [2.05, 4.69) is 4.99 Å². The van der Waals surface area contributed by atoms with E-state index in [0.717, 1.165) is 0 Å². The van der Waals surface area contributed by atoms with Gasteiger partial charge >= 0.3 is 0 Å². The van der Waals surface area contributed by atoms with Gasteiger partial charge in [0.2, 0.25) is 6.08 Å². The zero-order valence-corrected chi connectivity index (χ0v) is 7.05. The van der Waals surface area contributed by atoms with Gasteiger partial charge in [-0.05, 0) is 6.92 Å². The molecule has 0 aromatic carbocycles. The fraction of sp³-hybridized carbons (Fsp3) is 0.750. The Morgan fingerprint density at radius 3 is 3.00 bits per heavy atom. The third-order valence-corrected chi connectivity index (χ3v) is 1.01. The maximum absolute atomic E-state index is 9.55. The number of nitrogens with zero attached hydrogens (tertiary/aromatic N) is 1. The van der Waals surface area contributed by atoms with Crippen LogP contribution in [0.3, 0.4) is 0 Å². The van der Waals surface area contributed by atoms with E-state index in [1.165, 1.54) is 6.08 Å². The van der Waals surface area contributed by atoms with E-state index >= 15 is 0 Å². The van der Waals surface area contributed by atoms with Gasteiger partial charge in [-0.3, -0.25) is 0 Å². The molecule has 1 atom stereocenters. The zero-order valence-electron chi connectivity index (χ0n) is 5.05. The highest BCUT2D eigenvalue weighted by atomic mass is 28.2. The third-order valence-electron chi connectivity index (χ3n) is 0.681. The average molecular weight is 131 g/mol. The minimum atomic E-state index is -0.0231. The Bertz CT molecular complexity index is 100. The van der Waals surface area contributed by atoms with Crippen molar-refractivity contribution in [2.75, 3.05) is 6.61 Å². The number of isocyanates is 1. The van der Waals surface area contributed by atoms with Gasteiger partial charge in [0.05, 0.1) is 12.6 Å². The monoisotopic (exact) mass is 131 g/mol. The number of carbonyl (C=O) groups excluding carboxylic acids is 1. The third kappa shape index (κ3) is 3.74. The lowest BCUT2D eigenvalue weighted by Gasteiger charge is -1.98. The molecule has 0 aromatic rings. The van der Waals surface area contributed by atoms with Crippen LogP contribution in [0.15, 0.2) is 4.99 Å². The molecule has 0 aliphatic heterocycles. The SMILES string of the molecule is CC(CO[SiH3])N=C=O. The molecular weight excluding hydrogens is 122 g/mol. The molecule has 0 N–H and O–H groups in total. The Morgan fingerprint density at radius 2 is 2.62 bits per heavy atom. The van der Waals surface area contributed by atoms with Crippen LogP contribution in [0.2, 0.25) is 0 Å². The first-order valence-corrected chi connectivity index (χ1v) is 3.18. The molecule has 0 bridgehead atoms. The van der Waals surface area contributed by atoms with E-state index < -0.39 is 0 Å². The number of rotatable bonds is 3. The Hall–Kier alpha value is -0.443. The first-order valence-electron chi connectivity index (χ1n) is 2.37. The van der Waals surface area contributed by atoms with Gasteiger partial charge in [-0.1, -0.05) is 0 Å². The highest BCUT2D eigenvalue weighted by Gasteiger charge is 1.92. The van der Waals surface area contributed by atoms with Crippen molar-refractivity contribution in [1.82, 2.24) is 0 Å². The van der Waals surface area contributed by atoms with Crippen LogP contribution >= 0.6 is 0 Å². The van der Waals surface area contributed by atoms with E-state index in [0.29, 0.717) is 17.1 Å². The van der Waals surface area contributed by atoms with Gasteiger partial charge in [0.15, 0.2) is 0 Å². The summed E-state index contributed by atoms with van der Waals surface area (Å²) in [4.78, 5) is 13.0. The van der Waals surface area contributed by atoms with Crippen LogP contribution in [0, 0.1) is 0 Å². The van der Waals surface area contributed by atoms with Gasteiger partial charge in [0, 0.05) is 0 Å². The molecule has 8 heavy (non-hydrogen) atoms. The molecule has 4 heteroatoms. The Labute approximate surface area is 51.3 Å². The highest BCUT2D eigenvalue weighted by Crippen LogP contribution is 1.84. The molecule has 0 spiro atoms. The topological polar surface area (TPSA) is 38.7 Å². The van der Waals surface area contributed by atoms with Crippen molar-refractivity contribution in [2.45, 2.75) is 13.0 Å². The van der Waals surface area contributed by atoms with Crippen LogP contribution in [0.25, 0.3) is 0 Å². The Morgan fingerprint density at radius 1 is 2.00 bits per heavy atom. The summed E-state index contributed by atoms with van der Waals surface area (Å²) in [6.45, 7) is 2.35. The van der Waals surface area contributed by atoms with Crippen LogP contribution in [-0.2, 0) is 9.22 Å². The van der Waals surface area contributed by atoms with Crippen LogP contribution in [-0.4, -0.2) is 29.2 Å². The lowest BCUT2D eigenvalue weighted by molar-refractivity contribution is 0.324. The first-order chi connectivity index (χ1) is 3.81. The van der Waals surface area contributed by atoms with Crippen LogP contribution in [0.1, 0.15) is 6.92 Å². The van der Waals surface area contributed by atoms with Gasteiger partial charge in [-0.2, -0.15) is 0 Å². The maximum Gasteiger partial charge on any atom is 0.235 e. The van der Waals surface area contributed by atoms with E-state index in [1.807, 2.05) is 6.92 Å². The zero-order chi connectivity index (χ0) is 6.41. The van der Waals surface area contributed by atoms with Crippen LogP contribution in [0.5, 0.6) is 0 Å². The summed E-state index contributed by atoms with van der Waals surface area (Å²) in [5.41, 5.74) is 0. The maximum atomic E-state index is 9.55. The van der Waals surface area contributed by atoms with E-state index in [-0.39, 0.29) is 6.04 Å². The number of hydrogen-bond donors (Lipinski definition) is 0. The van der Waals surface area contributed by atoms with Gasteiger partial charge in [-0.15, -0.1) is 0 Å². The second kappa shape index (κ2) is 4.71. The van der Waals surface area contributed by atoms with Crippen molar-refractivity contribution in [2.24, 2.45) is 4.99 Å². The molecule has 0 aliphatic rings. The van der Waals surface area contributed by atoms with Crippen LogP contribution in [0.4, 0.5) is 0 Å². The van der Waals surface area contributed by atoms with Gasteiger partial charge < -0.3 is 4.43 Å². The number of hydrogen-bond acceptors (Lipinski definition) is 3.